The maximum atomic E-state index is 12.0. The highest BCUT2D eigenvalue weighted by Gasteiger charge is 2.14. The van der Waals surface area contributed by atoms with Crippen molar-refractivity contribution in [2.75, 3.05) is 0 Å². The number of fused-ring (bicyclic) bond motifs is 1. The zero-order chi connectivity index (χ0) is 12.5. The van der Waals surface area contributed by atoms with Crippen molar-refractivity contribution in [3.63, 3.8) is 0 Å². The van der Waals surface area contributed by atoms with Gasteiger partial charge in [-0.05, 0) is 29.4 Å². The van der Waals surface area contributed by atoms with Crippen LogP contribution in [-0.4, -0.2) is 14.7 Å². The Morgan fingerprint density at radius 2 is 2.06 bits per heavy atom. The first-order valence-electron chi connectivity index (χ1n) is 5.70. The van der Waals surface area contributed by atoms with Gasteiger partial charge in [-0.1, -0.05) is 39.9 Å². The highest BCUT2D eigenvalue weighted by atomic mass is 16.3. The van der Waals surface area contributed by atoms with E-state index in [-0.39, 0.29) is 5.75 Å². The Kier molecular flexibility index (Phi) is 2.44. The summed E-state index contributed by atoms with van der Waals surface area (Å²) in [5.41, 5.74) is 2.28. The molecule has 3 rings (SSSR count). The molecule has 2 aromatic heterocycles. The Morgan fingerprint density at radius 3 is 2.83 bits per heavy atom. The van der Waals surface area contributed by atoms with Crippen molar-refractivity contribution >= 4 is 5.65 Å². The fourth-order valence-electron chi connectivity index (χ4n) is 1.98. The lowest BCUT2D eigenvalue weighted by atomic mass is 10.2. The van der Waals surface area contributed by atoms with Gasteiger partial charge < -0.3 is 5.11 Å². The van der Waals surface area contributed by atoms with Gasteiger partial charge in [0.1, 0.15) is 6.54 Å². The molecule has 0 fully saturated rings. The molecule has 0 saturated carbocycles. The fraction of sp³-hybridized carbons (Fsp3) is 0.154. The molecule has 0 bridgehead atoms. The molecule has 2 heterocycles. The molecule has 5 heteroatoms. The number of aromatic nitrogens is 4. The molecule has 0 atom stereocenters. The van der Waals surface area contributed by atoms with Crippen molar-refractivity contribution in [2.24, 2.45) is 0 Å². The van der Waals surface area contributed by atoms with Crippen molar-refractivity contribution in [1.29, 1.82) is 0 Å². The molecular weight excluding hydrogens is 228 g/mol. The minimum atomic E-state index is -0.0593. The Balaban J connectivity index is 2.08. The first kappa shape index (κ1) is 10.7. The van der Waals surface area contributed by atoms with Gasteiger partial charge in [-0.3, -0.25) is 0 Å². The van der Waals surface area contributed by atoms with E-state index in [4.69, 9.17) is 0 Å². The van der Waals surface area contributed by atoms with Gasteiger partial charge in [-0.15, -0.1) is 4.68 Å². The van der Waals surface area contributed by atoms with Crippen LogP contribution in [-0.2, 0) is 6.54 Å². The third kappa shape index (κ3) is 1.79. The van der Waals surface area contributed by atoms with Gasteiger partial charge in [0, 0.05) is 0 Å². The Hall–Kier alpha value is -2.43. The van der Waals surface area contributed by atoms with Crippen LogP contribution in [0.2, 0.25) is 0 Å². The maximum Gasteiger partial charge on any atom is 0.321 e. The second-order valence-electron chi connectivity index (χ2n) is 4.19. The molecule has 0 saturated heterocycles. The van der Waals surface area contributed by atoms with Gasteiger partial charge in [0.25, 0.3) is 6.33 Å². The number of nitrogens with zero attached hydrogens (tertiary/aromatic N) is 4. The summed E-state index contributed by atoms with van der Waals surface area (Å²) in [6.45, 7) is 2.36. The minimum absolute atomic E-state index is 0.0593. The van der Waals surface area contributed by atoms with Gasteiger partial charge in [0.2, 0.25) is 0 Å². The van der Waals surface area contributed by atoms with Crippen molar-refractivity contribution in [3.05, 3.63) is 54.0 Å². The molecule has 0 amide bonds. The molecule has 0 aliphatic rings. The summed E-state index contributed by atoms with van der Waals surface area (Å²) in [7, 11) is 0. The second-order valence-corrected chi connectivity index (χ2v) is 4.19. The molecule has 1 aromatic carbocycles. The molecule has 0 N–H and O–H groups in total. The van der Waals surface area contributed by atoms with Crippen LogP contribution >= 0.6 is 0 Å². The van der Waals surface area contributed by atoms with E-state index in [0.29, 0.717) is 17.9 Å². The number of hydrogen-bond acceptors (Lipinski definition) is 3. The average Bonchev–Trinajstić information content (AvgIpc) is 2.73. The van der Waals surface area contributed by atoms with E-state index in [0.717, 1.165) is 5.56 Å². The summed E-state index contributed by atoms with van der Waals surface area (Å²) in [6, 6.07) is 11.4. The monoisotopic (exact) mass is 240 g/mol. The van der Waals surface area contributed by atoms with Crippen LogP contribution in [0.15, 0.2) is 42.7 Å². The quantitative estimate of drug-likeness (QED) is 0.611. The number of benzene rings is 1. The first-order valence-corrected chi connectivity index (χ1v) is 5.70. The highest BCUT2D eigenvalue weighted by molar-refractivity contribution is 5.45. The minimum Gasteiger partial charge on any atom is -0.867 e. The summed E-state index contributed by atoms with van der Waals surface area (Å²) >= 11 is 0. The Morgan fingerprint density at radius 1 is 1.28 bits per heavy atom. The molecule has 5 nitrogen and oxygen atoms in total. The van der Waals surface area contributed by atoms with E-state index in [1.807, 2.05) is 30.3 Å². The SMILES string of the molecule is Cc1cc([O-])c2n(cn[n+]2Cc2ccccc2)n1. The van der Waals surface area contributed by atoms with E-state index in [2.05, 4.69) is 10.2 Å². The first-order chi connectivity index (χ1) is 8.74. The van der Waals surface area contributed by atoms with Gasteiger partial charge in [0.05, 0.1) is 5.69 Å². The summed E-state index contributed by atoms with van der Waals surface area (Å²) < 4.78 is 3.20. The lowest BCUT2D eigenvalue weighted by Crippen LogP contribution is -2.37. The summed E-state index contributed by atoms with van der Waals surface area (Å²) in [4.78, 5) is 0. The van der Waals surface area contributed by atoms with Crippen LogP contribution in [0, 0.1) is 6.92 Å². The fourth-order valence-corrected chi connectivity index (χ4v) is 1.98. The summed E-state index contributed by atoms with van der Waals surface area (Å²) in [5, 5.41) is 20.4. The van der Waals surface area contributed by atoms with Crippen molar-refractivity contribution in [1.82, 2.24) is 14.7 Å². The molecule has 0 aliphatic carbocycles. The highest BCUT2D eigenvalue weighted by Crippen LogP contribution is 2.11. The van der Waals surface area contributed by atoms with Gasteiger partial charge in [0.15, 0.2) is 0 Å². The zero-order valence-corrected chi connectivity index (χ0v) is 9.95. The van der Waals surface area contributed by atoms with Crippen LogP contribution in [0.3, 0.4) is 0 Å². The smallest absolute Gasteiger partial charge is 0.321 e. The van der Waals surface area contributed by atoms with E-state index in [1.165, 1.54) is 10.6 Å². The van der Waals surface area contributed by atoms with Crippen LogP contribution in [0.1, 0.15) is 11.3 Å². The Labute approximate surface area is 104 Å². The normalized spacial score (nSPS) is 10.9. The van der Waals surface area contributed by atoms with Crippen LogP contribution in [0.5, 0.6) is 5.75 Å². The van der Waals surface area contributed by atoms with E-state index >= 15 is 0 Å². The van der Waals surface area contributed by atoms with Crippen molar-refractivity contribution in [3.8, 4) is 5.75 Å². The third-order valence-corrected chi connectivity index (χ3v) is 2.76. The molecule has 0 spiro atoms. The molecule has 3 aromatic rings. The van der Waals surface area contributed by atoms with Gasteiger partial charge in [-0.25, -0.2) is 0 Å². The van der Waals surface area contributed by atoms with Crippen molar-refractivity contribution < 1.29 is 9.79 Å². The maximum absolute atomic E-state index is 12.0. The second kappa shape index (κ2) is 4.10. The zero-order valence-electron chi connectivity index (χ0n) is 9.95. The lowest BCUT2D eigenvalue weighted by molar-refractivity contribution is -0.721. The number of hydrogen-bond donors (Lipinski definition) is 0. The molecule has 0 aliphatic heterocycles. The topological polar surface area (TPSA) is 57.1 Å². The van der Waals surface area contributed by atoms with Crippen molar-refractivity contribution in [2.45, 2.75) is 13.5 Å². The summed E-state index contributed by atoms with van der Waals surface area (Å²) in [6.07, 6.45) is 1.56. The number of aryl methyl sites for hydroxylation is 1. The molecule has 90 valence electrons. The number of rotatable bonds is 2. The predicted molar refractivity (Wildman–Crippen MR) is 62.9 cm³/mol. The summed E-state index contributed by atoms with van der Waals surface area (Å²) in [5.74, 6) is -0.0593. The van der Waals surface area contributed by atoms with Gasteiger partial charge in [-0.2, -0.15) is 0 Å². The predicted octanol–water partition coefficient (Wildman–Crippen LogP) is 0.447. The standard InChI is InChI=1S/C13H12N4O/c1-10-7-12(18)13-16(14-9-17(13)15-10)8-11-5-3-2-4-6-11/h2-7,9H,8H2,1H3. The van der Waals surface area contributed by atoms with E-state index in [9.17, 15) is 5.11 Å². The molecule has 0 unspecified atom stereocenters. The van der Waals surface area contributed by atoms with Crippen LogP contribution < -0.4 is 9.79 Å². The molecular formula is C13H12N4O. The lowest BCUT2D eigenvalue weighted by Gasteiger charge is -2.04. The van der Waals surface area contributed by atoms with E-state index in [1.54, 1.807) is 17.9 Å². The third-order valence-electron chi connectivity index (χ3n) is 2.76. The van der Waals surface area contributed by atoms with Crippen LogP contribution in [0.4, 0.5) is 0 Å². The van der Waals surface area contributed by atoms with E-state index < -0.39 is 0 Å². The molecule has 0 radical (unpaired) electrons. The molecule has 18 heavy (non-hydrogen) atoms. The van der Waals surface area contributed by atoms with Crippen LogP contribution in [0.25, 0.3) is 5.65 Å². The largest absolute Gasteiger partial charge is 0.867 e. The Bertz CT molecular complexity index is 691. The van der Waals surface area contributed by atoms with Gasteiger partial charge >= 0.3 is 5.65 Å². The average molecular weight is 240 g/mol.